The third-order valence-electron chi connectivity index (χ3n) is 4.47. The second-order valence-electron chi connectivity index (χ2n) is 6.24. The fraction of sp³-hybridized carbons (Fsp3) is 0.190. The van der Waals surface area contributed by atoms with Crippen LogP contribution in [0.4, 0.5) is 0 Å². The lowest BCUT2D eigenvalue weighted by atomic mass is 9.69. The predicted octanol–water partition coefficient (Wildman–Crippen LogP) is 5.69. The number of Topliss-reactive ketones (excluding diaryl/α,β-unsaturated/α-hetero) is 1. The van der Waals surface area contributed by atoms with Crippen molar-refractivity contribution in [3.05, 3.63) is 81.9 Å². The molecule has 0 aromatic heterocycles. The van der Waals surface area contributed by atoms with Crippen LogP contribution in [0.25, 0.3) is 12.2 Å². The highest BCUT2D eigenvalue weighted by Gasteiger charge is 2.38. The van der Waals surface area contributed by atoms with E-state index in [0.29, 0.717) is 6.42 Å². The van der Waals surface area contributed by atoms with E-state index >= 15 is 0 Å². The quantitative estimate of drug-likeness (QED) is 0.709. The van der Waals surface area contributed by atoms with Gasteiger partial charge in [0.1, 0.15) is 0 Å². The van der Waals surface area contributed by atoms with Gasteiger partial charge in [-0.2, -0.15) is 0 Å². The van der Waals surface area contributed by atoms with Gasteiger partial charge >= 0.3 is 0 Å². The summed E-state index contributed by atoms with van der Waals surface area (Å²) in [6.45, 7) is 3.93. The fourth-order valence-corrected chi connectivity index (χ4v) is 3.42. The molecule has 0 fully saturated rings. The molecule has 0 heterocycles. The van der Waals surface area contributed by atoms with Crippen LogP contribution in [0.15, 0.2) is 60.2 Å². The van der Waals surface area contributed by atoms with E-state index < -0.39 is 5.41 Å². The summed E-state index contributed by atoms with van der Waals surface area (Å²) in [6.07, 6.45) is 6.75. The molecule has 1 aliphatic rings. The van der Waals surface area contributed by atoms with Crippen molar-refractivity contribution in [3.63, 3.8) is 0 Å². The van der Waals surface area contributed by atoms with Gasteiger partial charge in [0.2, 0.25) is 0 Å². The molecule has 0 unspecified atom stereocenters. The molecule has 0 spiro atoms. The number of rotatable bonds is 3. The molecule has 1 aliphatic carbocycles. The second-order valence-corrected chi connectivity index (χ2v) is 6.67. The van der Waals surface area contributed by atoms with E-state index in [0.717, 1.165) is 27.3 Å². The maximum Gasteiger partial charge on any atom is 0.169 e. The Hall–Kier alpha value is -2.12. The van der Waals surface area contributed by atoms with Gasteiger partial charge in [-0.25, -0.2) is 0 Å². The third-order valence-corrected chi connectivity index (χ3v) is 4.71. The number of fused-ring (bicyclic) bond motifs is 1. The Morgan fingerprint density at radius 1 is 1.13 bits per heavy atom. The number of halogens is 1. The number of hydrogen-bond donors (Lipinski definition) is 0. The van der Waals surface area contributed by atoms with Crippen LogP contribution in [0, 0.1) is 0 Å². The van der Waals surface area contributed by atoms with Crippen molar-refractivity contribution in [2.24, 2.45) is 0 Å². The third kappa shape index (κ3) is 3.02. The molecule has 1 atom stereocenters. The molecule has 1 nitrogen and oxygen atoms in total. The van der Waals surface area contributed by atoms with Crippen molar-refractivity contribution in [1.29, 1.82) is 0 Å². The number of allylic oxidation sites excluding steroid dienone is 2. The molecule has 3 rings (SSSR count). The van der Waals surface area contributed by atoms with E-state index in [1.54, 1.807) is 0 Å². The van der Waals surface area contributed by atoms with Gasteiger partial charge in [0, 0.05) is 5.02 Å². The summed E-state index contributed by atoms with van der Waals surface area (Å²) in [5.74, 6) is 0.201. The molecule has 116 valence electrons. The summed E-state index contributed by atoms with van der Waals surface area (Å²) >= 11 is 6.01. The van der Waals surface area contributed by atoms with E-state index in [1.807, 2.05) is 62.4 Å². The summed E-state index contributed by atoms with van der Waals surface area (Å²) in [5.41, 5.74) is 3.60. The Balaban J connectivity index is 1.91. The van der Waals surface area contributed by atoms with E-state index in [-0.39, 0.29) is 5.78 Å². The molecule has 0 saturated heterocycles. The average Bonchev–Trinajstić information content (AvgIpc) is 2.53. The van der Waals surface area contributed by atoms with Gasteiger partial charge in [0.25, 0.3) is 0 Å². The van der Waals surface area contributed by atoms with Crippen LogP contribution in [0.2, 0.25) is 5.02 Å². The van der Waals surface area contributed by atoms with Crippen molar-refractivity contribution >= 4 is 29.5 Å². The van der Waals surface area contributed by atoms with E-state index in [1.165, 1.54) is 0 Å². The van der Waals surface area contributed by atoms with Crippen LogP contribution in [-0.4, -0.2) is 5.78 Å². The first-order valence-corrected chi connectivity index (χ1v) is 8.13. The minimum absolute atomic E-state index is 0.201. The van der Waals surface area contributed by atoms with Gasteiger partial charge in [-0.1, -0.05) is 60.2 Å². The summed E-state index contributed by atoms with van der Waals surface area (Å²) in [5, 5.41) is 0.719. The van der Waals surface area contributed by atoms with Gasteiger partial charge in [-0.15, -0.1) is 0 Å². The van der Waals surface area contributed by atoms with Crippen molar-refractivity contribution < 1.29 is 4.79 Å². The zero-order valence-electron chi connectivity index (χ0n) is 13.3. The van der Waals surface area contributed by atoms with Crippen LogP contribution in [0.5, 0.6) is 0 Å². The first kappa shape index (κ1) is 15.8. The lowest BCUT2D eigenvalue weighted by molar-refractivity contribution is -0.120. The Morgan fingerprint density at radius 3 is 2.70 bits per heavy atom. The average molecular weight is 323 g/mol. The Bertz CT molecular complexity index is 816. The fourth-order valence-electron chi connectivity index (χ4n) is 3.23. The number of benzene rings is 2. The van der Waals surface area contributed by atoms with Crippen molar-refractivity contribution in [2.45, 2.75) is 25.7 Å². The SMILES string of the molecule is CC1=Cc2ccccc2[C@@](C)(C/C=C/c2cccc(Cl)c2)C1=O. The van der Waals surface area contributed by atoms with Crippen molar-refractivity contribution in [2.75, 3.05) is 0 Å². The molecule has 0 bridgehead atoms. The van der Waals surface area contributed by atoms with Crippen LogP contribution < -0.4 is 0 Å². The Labute approximate surface area is 142 Å². The summed E-state index contributed by atoms with van der Waals surface area (Å²) in [7, 11) is 0. The van der Waals surface area contributed by atoms with E-state index in [2.05, 4.69) is 18.2 Å². The molecule has 0 aliphatic heterocycles. The van der Waals surface area contributed by atoms with Crippen LogP contribution in [-0.2, 0) is 10.2 Å². The van der Waals surface area contributed by atoms with Gasteiger partial charge in [0.05, 0.1) is 5.41 Å². The number of ketones is 1. The minimum Gasteiger partial charge on any atom is -0.294 e. The smallest absolute Gasteiger partial charge is 0.169 e. The zero-order chi connectivity index (χ0) is 16.4. The lowest BCUT2D eigenvalue weighted by Gasteiger charge is -2.33. The van der Waals surface area contributed by atoms with Gasteiger partial charge in [0.15, 0.2) is 5.78 Å². The molecular weight excluding hydrogens is 304 g/mol. The molecule has 23 heavy (non-hydrogen) atoms. The number of carbonyl (C=O) groups is 1. The van der Waals surface area contributed by atoms with E-state index in [9.17, 15) is 4.79 Å². The van der Waals surface area contributed by atoms with E-state index in [4.69, 9.17) is 11.6 Å². The minimum atomic E-state index is -0.509. The van der Waals surface area contributed by atoms with Gasteiger partial charge < -0.3 is 0 Å². The standard InChI is InChI=1S/C21H19ClO/c1-15-13-17-9-3-4-11-19(17)21(2,20(15)23)12-6-8-16-7-5-10-18(22)14-16/h3-11,13-14H,12H2,1-2H3/b8-6+/t21-/m1/s1. The number of hydrogen-bond acceptors (Lipinski definition) is 1. The molecule has 0 N–H and O–H groups in total. The van der Waals surface area contributed by atoms with Crippen LogP contribution >= 0.6 is 11.6 Å². The molecule has 0 saturated carbocycles. The molecule has 2 heteroatoms. The predicted molar refractivity (Wildman–Crippen MR) is 97.6 cm³/mol. The van der Waals surface area contributed by atoms with Crippen LogP contribution in [0.1, 0.15) is 37.0 Å². The molecule has 0 amide bonds. The maximum atomic E-state index is 12.8. The first-order valence-electron chi connectivity index (χ1n) is 7.75. The highest BCUT2D eigenvalue weighted by Crippen LogP contribution is 2.39. The van der Waals surface area contributed by atoms with Crippen molar-refractivity contribution in [3.8, 4) is 0 Å². The topological polar surface area (TPSA) is 17.1 Å². The highest BCUT2D eigenvalue weighted by atomic mass is 35.5. The highest BCUT2D eigenvalue weighted by molar-refractivity contribution is 6.30. The monoisotopic (exact) mass is 322 g/mol. The Morgan fingerprint density at radius 2 is 1.91 bits per heavy atom. The van der Waals surface area contributed by atoms with Crippen molar-refractivity contribution in [1.82, 2.24) is 0 Å². The molecular formula is C21H19ClO. The van der Waals surface area contributed by atoms with Gasteiger partial charge in [-0.3, -0.25) is 4.79 Å². The first-order chi connectivity index (χ1) is 11.0. The van der Waals surface area contributed by atoms with Crippen LogP contribution in [0.3, 0.4) is 0 Å². The maximum absolute atomic E-state index is 12.8. The molecule has 0 radical (unpaired) electrons. The summed E-state index contributed by atoms with van der Waals surface area (Å²) < 4.78 is 0. The lowest BCUT2D eigenvalue weighted by Crippen LogP contribution is -2.35. The van der Waals surface area contributed by atoms with Gasteiger partial charge in [-0.05, 0) is 60.7 Å². The molecule has 2 aromatic carbocycles. The summed E-state index contributed by atoms with van der Waals surface area (Å²) in [6, 6.07) is 15.9. The Kier molecular flexibility index (Phi) is 4.23. The molecule has 2 aromatic rings. The normalized spacial score (nSPS) is 20.5. The second kappa shape index (κ2) is 6.17. The summed E-state index contributed by atoms with van der Waals surface area (Å²) in [4.78, 5) is 12.8. The largest absolute Gasteiger partial charge is 0.294 e. The zero-order valence-corrected chi connectivity index (χ0v) is 14.1. The number of carbonyl (C=O) groups excluding carboxylic acids is 1.